The Bertz CT molecular complexity index is 1280. The molecule has 1 aromatic heterocycles. The number of ether oxygens (including phenoxy) is 3. The summed E-state index contributed by atoms with van der Waals surface area (Å²) in [6, 6.07) is 23.0. The molecule has 0 unspecified atom stereocenters. The van der Waals surface area contributed by atoms with Crippen molar-refractivity contribution < 1.29 is 19.0 Å². The molecule has 4 aromatic rings. The number of nitrogens with zero attached hydrogens (tertiary/aromatic N) is 2. The monoisotopic (exact) mass is 487 g/mol. The van der Waals surface area contributed by atoms with Crippen molar-refractivity contribution in [3.63, 3.8) is 0 Å². The van der Waals surface area contributed by atoms with E-state index >= 15 is 0 Å². The van der Waals surface area contributed by atoms with E-state index in [1.807, 2.05) is 54.6 Å². The minimum atomic E-state index is -0.0771. The lowest BCUT2D eigenvalue weighted by molar-refractivity contribution is 0.0952. The van der Waals surface area contributed by atoms with E-state index in [-0.39, 0.29) is 5.91 Å². The number of imidazole rings is 1. The highest BCUT2D eigenvalue weighted by Crippen LogP contribution is 2.21. The number of hydrogen-bond acceptors (Lipinski definition) is 5. The van der Waals surface area contributed by atoms with Crippen LogP contribution in [0.15, 0.2) is 72.8 Å². The summed E-state index contributed by atoms with van der Waals surface area (Å²) in [4.78, 5) is 17.2. The number of fused-ring (bicyclic) bond motifs is 1. The molecule has 0 aliphatic heterocycles. The molecule has 1 N–H and O–H groups in total. The van der Waals surface area contributed by atoms with Crippen LogP contribution in [-0.2, 0) is 13.0 Å². The van der Waals surface area contributed by atoms with Crippen molar-refractivity contribution in [2.24, 2.45) is 0 Å². The fourth-order valence-corrected chi connectivity index (χ4v) is 4.16. The lowest BCUT2D eigenvalue weighted by Crippen LogP contribution is -2.24. The highest BCUT2D eigenvalue weighted by atomic mass is 16.5. The molecule has 0 aliphatic rings. The van der Waals surface area contributed by atoms with E-state index in [0.29, 0.717) is 31.0 Å². The Morgan fingerprint density at radius 3 is 2.44 bits per heavy atom. The first-order chi connectivity index (χ1) is 17.7. The number of carbonyl (C=O) groups is 1. The van der Waals surface area contributed by atoms with Crippen molar-refractivity contribution >= 4 is 16.9 Å². The van der Waals surface area contributed by atoms with Crippen LogP contribution >= 0.6 is 0 Å². The second-order valence-corrected chi connectivity index (χ2v) is 8.49. The number of unbranched alkanes of at least 4 members (excludes halogenated alkanes) is 2. The van der Waals surface area contributed by atoms with E-state index in [1.54, 1.807) is 26.4 Å². The van der Waals surface area contributed by atoms with E-state index in [2.05, 4.69) is 16.0 Å². The van der Waals surface area contributed by atoms with Crippen LogP contribution in [0.25, 0.3) is 11.0 Å². The van der Waals surface area contributed by atoms with Crippen molar-refractivity contribution in [3.05, 3.63) is 84.2 Å². The Morgan fingerprint density at radius 1 is 0.861 bits per heavy atom. The second-order valence-electron chi connectivity index (χ2n) is 8.49. The van der Waals surface area contributed by atoms with Gasteiger partial charge in [0.25, 0.3) is 5.91 Å². The maximum absolute atomic E-state index is 12.4. The van der Waals surface area contributed by atoms with Crippen molar-refractivity contribution in [2.75, 3.05) is 27.4 Å². The summed E-state index contributed by atoms with van der Waals surface area (Å²) in [5.41, 5.74) is 2.73. The first-order valence-corrected chi connectivity index (χ1v) is 12.3. The fraction of sp³-hybridized carbons (Fsp3) is 0.310. The predicted molar refractivity (Wildman–Crippen MR) is 141 cm³/mol. The number of hydrogen-bond donors (Lipinski definition) is 1. The van der Waals surface area contributed by atoms with Gasteiger partial charge in [0.05, 0.1) is 31.8 Å². The van der Waals surface area contributed by atoms with E-state index in [4.69, 9.17) is 19.2 Å². The van der Waals surface area contributed by atoms with Crippen LogP contribution in [0.5, 0.6) is 17.2 Å². The van der Waals surface area contributed by atoms with Crippen LogP contribution in [0.3, 0.4) is 0 Å². The average molecular weight is 488 g/mol. The molecular formula is C29H33N3O4. The lowest BCUT2D eigenvalue weighted by Gasteiger charge is -2.12. The quantitative estimate of drug-likeness (QED) is 0.260. The molecule has 7 nitrogen and oxygen atoms in total. The fourth-order valence-electron chi connectivity index (χ4n) is 4.16. The van der Waals surface area contributed by atoms with E-state index in [1.165, 1.54) is 0 Å². The normalized spacial score (nSPS) is 10.8. The molecule has 0 saturated heterocycles. The number of carbonyl (C=O) groups excluding carboxylic acids is 1. The molecule has 7 heteroatoms. The molecule has 0 aliphatic carbocycles. The van der Waals surface area contributed by atoms with Crippen LogP contribution < -0.4 is 19.5 Å². The Balaban J connectivity index is 1.27. The van der Waals surface area contributed by atoms with Gasteiger partial charge < -0.3 is 24.1 Å². The smallest absolute Gasteiger partial charge is 0.251 e. The van der Waals surface area contributed by atoms with E-state index in [9.17, 15) is 4.79 Å². The standard InChI is InChI=1S/C29H33N3O4/c1-34-23-11-8-10-22(20-23)29(33)30-17-7-3-4-16-28-31-26-14-5-6-15-27(26)32(28)18-19-36-25-13-9-12-24(21-25)35-2/h5-6,8-15,20-21H,3-4,7,16-19H2,1-2H3,(H,30,33). The van der Waals surface area contributed by atoms with Gasteiger partial charge in [0.15, 0.2) is 0 Å². The molecule has 0 fully saturated rings. The number of nitrogens with one attached hydrogen (secondary N) is 1. The van der Waals surface area contributed by atoms with Gasteiger partial charge in [0.2, 0.25) is 0 Å². The predicted octanol–water partition coefficient (Wildman–Crippen LogP) is 5.28. The van der Waals surface area contributed by atoms with Crippen molar-refractivity contribution in [2.45, 2.75) is 32.2 Å². The minimum Gasteiger partial charge on any atom is -0.497 e. The van der Waals surface area contributed by atoms with Crippen molar-refractivity contribution in [1.82, 2.24) is 14.9 Å². The summed E-state index contributed by atoms with van der Waals surface area (Å²) in [7, 11) is 3.25. The molecule has 36 heavy (non-hydrogen) atoms. The zero-order valence-electron chi connectivity index (χ0n) is 20.9. The van der Waals surface area contributed by atoms with Crippen LogP contribution in [0, 0.1) is 0 Å². The number of amides is 1. The average Bonchev–Trinajstić information content (AvgIpc) is 3.28. The minimum absolute atomic E-state index is 0.0771. The van der Waals surface area contributed by atoms with Gasteiger partial charge in [0, 0.05) is 24.6 Å². The van der Waals surface area contributed by atoms with Crippen molar-refractivity contribution in [3.8, 4) is 17.2 Å². The number of methoxy groups -OCH3 is 2. The Labute approximate surface area is 212 Å². The molecule has 1 amide bonds. The van der Waals surface area contributed by atoms with Crippen LogP contribution in [0.4, 0.5) is 0 Å². The SMILES string of the molecule is COc1cccc(OCCn2c(CCCCCNC(=O)c3cccc(OC)c3)nc3ccccc32)c1. The van der Waals surface area contributed by atoms with Gasteiger partial charge in [-0.3, -0.25) is 4.79 Å². The number of benzene rings is 3. The molecule has 0 atom stereocenters. The first-order valence-electron chi connectivity index (χ1n) is 12.3. The summed E-state index contributed by atoms with van der Waals surface area (Å²) >= 11 is 0. The van der Waals surface area contributed by atoms with Crippen LogP contribution in [0.1, 0.15) is 35.4 Å². The van der Waals surface area contributed by atoms with Crippen molar-refractivity contribution in [1.29, 1.82) is 0 Å². The summed E-state index contributed by atoms with van der Waals surface area (Å²) in [5, 5.41) is 2.99. The highest BCUT2D eigenvalue weighted by Gasteiger charge is 2.11. The lowest BCUT2D eigenvalue weighted by atomic mass is 10.1. The topological polar surface area (TPSA) is 74.6 Å². The summed E-state index contributed by atoms with van der Waals surface area (Å²) < 4.78 is 18.7. The Hall–Kier alpha value is -4.00. The zero-order chi connectivity index (χ0) is 25.2. The number of aryl methyl sites for hydroxylation is 1. The third kappa shape index (κ3) is 6.56. The van der Waals surface area contributed by atoms with E-state index < -0.39 is 0 Å². The molecule has 0 bridgehead atoms. The molecule has 0 spiro atoms. The molecular weight excluding hydrogens is 454 g/mol. The van der Waals surface area contributed by atoms with Crippen LogP contribution in [-0.4, -0.2) is 42.8 Å². The Kier molecular flexibility index (Phi) is 8.81. The summed E-state index contributed by atoms with van der Waals surface area (Å²) in [6.07, 6.45) is 3.78. The molecule has 188 valence electrons. The number of aromatic nitrogens is 2. The maximum atomic E-state index is 12.4. The number of para-hydroxylation sites is 2. The number of rotatable bonds is 13. The van der Waals surface area contributed by atoms with Gasteiger partial charge in [0.1, 0.15) is 29.7 Å². The van der Waals surface area contributed by atoms with E-state index in [0.717, 1.165) is 54.0 Å². The second kappa shape index (κ2) is 12.6. The van der Waals surface area contributed by atoms with Gasteiger partial charge in [-0.2, -0.15) is 0 Å². The third-order valence-electron chi connectivity index (χ3n) is 6.05. The largest absolute Gasteiger partial charge is 0.497 e. The highest BCUT2D eigenvalue weighted by molar-refractivity contribution is 5.94. The van der Waals surface area contributed by atoms with Gasteiger partial charge in [-0.15, -0.1) is 0 Å². The van der Waals surface area contributed by atoms with Gasteiger partial charge >= 0.3 is 0 Å². The van der Waals surface area contributed by atoms with Gasteiger partial charge in [-0.1, -0.05) is 30.7 Å². The maximum Gasteiger partial charge on any atom is 0.251 e. The van der Waals surface area contributed by atoms with Gasteiger partial charge in [-0.25, -0.2) is 4.98 Å². The molecule has 0 radical (unpaired) electrons. The molecule has 1 heterocycles. The molecule has 3 aromatic carbocycles. The Morgan fingerprint density at radius 2 is 1.61 bits per heavy atom. The molecule has 4 rings (SSSR count). The summed E-state index contributed by atoms with van der Waals surface area (Å²) in [5.74, 6) is 3.23. The first kappa shape index (κ1) is 25.1. The zero-order valence-corrected chi connectivity index (χ0v) is 20.9. The summed E-state index contributed by atoms with van der Waals surface area (Å²) in [6.45, 7) is 1.89. The molecule has 0 saturated carbocycles. The third-order valence-corrected chi connectivity index (χ3v) is 6.05. The van der Waals surface area contributed by atoms with Crippen LogP contribution in [0.2, 0.25) is 0 Å². The van der Waals surface area contributed by atoms with Gasteiger partial charge in [-0.05, 0) is 55.3 Å².